The van der Waals surface area contributed by atoms with Crippen molar-refractivity contribution in [2.75, 3.05) is 26.2 Å². The molecule has 1 aromatic rings. The zero-order valence-electron chi connectivity index (χ0n) is 11.9. The highest BCUT2D eigenvalue weighted by atomic mass is 16.5. The summed E-state index contributed by atoms with van der Waals surface area (Å²) in [6.45, 7) is 3.46. The highest BCUT2D eigenvalue weighted by molar-refractivity contribution is 6.43. The van der Waals surface area contributed by atoms with Crippen LogP contribution in [0.2, 0.25) is 5.82 Å². The Morgan fingerprint density at radius 2 is 2.30 bits per heavy atom. The fraction of sp³-hybridized carbons (Fsp3) is 0.769. The van der Waals surface area contributed by atoms with E-state index in [9.17, 15) is 10.0 Å². The fourth-order valence-corrected chi connectivity index (χ4v) is 3.41. The Hall–Kier alpha value is -0.885. The molecule has 0 spiro atoms. The van der Waals surface area contributed by atoms with Gasteiger partial charge in [0.1, 0.15) is 6.10 Å². The van der Waals surface area contributed by atoms with Crippen molar-refractivity contribution in [1.29, 1.82) is 0 Å². The summed E-state index contributed by atoms with van der Waals surface area (Å²) in [5.74, 6) is 0.451. The van der Waals surface area contributed by atoms with Crippen LogP contribution in [0.3, 0.4) is 0 Å². The summed E-state index contributed by atoms with van der Waals surface area (Å²) in [7, 11) is 0.759. The quantitative estimate of drug-likeness (QED) is 0.762. The zero-order chi connectivity index (χ0) is 14.1. The molecule has 3 rings (SSSR count). The van der Waals surface area contributed by atoms with Crippen molar-refractivity contribution in [3.8, 4) is 0 Å². The second-order valence-electron chi connectivity index (χ2n) is 5.94. The number of hydrogen-bond donors (Lipinski definition) is 2. The summed E-state index contributed by atoms with van der Waals surface area (Å²) in [6.07, 6.45) is 3.84. The number of likely N-dealkylation sites (tertiary alicyclic amines) is 1. The average Bonchev–Trinajstić information content (AvgIpc) is 3.10. The third-order valence-electron chi connectivity index (χ3n) is 4.59. The largest absolute Gasteiger partial charge is 0.456 e. The minimum Gasteiger partial charge on any atom is -0.427 e. The van der Waals surface area contributed by atoms with E-state index in [2.05, 4.69) is 10.00 Å². The molecule has 2 aliphatic heterocycles. The third kappa shape index (κ3) is 2.76. The van der Waals surface area contributed by atoms with E-state index in [1.807, 2.05) is 24.0 Å². The molecule has 7 heteroatoms. The van der Waals surface area contributed by atoms with E-state index in [1.54, 1.807) is 0 Å². The molecule has 0 radical (unpaired) electrons. The molecule has 0 saturated carbocycles. The fourth-order valence-electron chi connectivity index (χ4n) is 3.41. The summed E-state index contributed by atoms with van der Waals surface area (Å²) >= 11 is 0. The van der Waals surface area contributed by atoms with Crippen molar-refractivity contribution in [2.45, 2.75) is 24.8 Å². The molecule has 6 nitrogen and oxygen atoms in total. The third-order valence-corrected chi connectivity index (χ3v) is 4.59. The van der Waals surface area contributed by atoms with Crippen LogP contribution in [0.15, 0.2) is 12.3 Å². The minimum atomic E-state index is -1.19. The lowest BCUT2D eigenvalue weighted by atomic mass is 9.72. The van der Waals surface area contributed by atoms with E-state index >= 15 is 0 Å². The molecule has 110 valence electrons. The molecule has 1 unspecified atom stereocenters. The van der Waals surface area contributed by atoms with E-state index in [0.29, 0.717) is 5.92 Å². The van der Waals surface area contributed by atoms with Gasteiger partial charge in [-0.3, -0.25) is 4.68 Å². The molecular weight excluding hydrogens is 257 g/mol. The number of hydrogen-bond acceptors (Lipinski definition) is 5. The van der Waals surface area contributed by atoms with Crippen LogP contribution in [-0.4, -0.2) is 58.1 Å². The van der Waals surface area contributed by atoms with Gasteiger partial charge in [0.15, 0.2) is 0 Å². The average molecular weight is 279 g/mol. The lowest BCUT2D eigenvalue weighted by Gasteiger charge is -2.24. The molecule has 0 aliphatic carbocycles. The van der Waals surface area contributed by atoms with Crippen LogP contribution in [0.25, 0.3) is 0 Å². The summed E-state index contributed by atoms with van der Waals surface area (Å²) in [5.41, 5.74) is 1.13. The van der Waals surface area contributed by atoms with Crippen molar-refractivity contribution in [3.63, 3.8) is 0 Å². The second-order valence-corrected chi connectivity index (χ2v) is 5.94. The van der Waals surface area contributed by atoms with Crippen LogP contribution in [0, 0.1) is 5.92 Å². The van der Waals surface area contributed by atoms with Gasteiger partial charge in [-0.05, 0) is 32.0 Å². The minimum absolute atomic E-state index is 0.00697. The smallest absolute Gasteiger partial charge is 0.427 e. The van der Waals surface area contributed by atoms with Gasteiger partial charge >= 0.3 is 7.12 Å². The van der Waals surface area contributed by atoms with E-state index in [4.69, 9.17) is 4.74 Å². The maximum absolute atomic E-state index is 9.26. The van der Waals surface area contributed by atoms with Crippen molar-refractivity contribution < 1.29 is 14.8 Å². The Labute approximate surface area is 119 Å². The molecule has 0 aromatic carbocycles. The Kier molecular flexibility index (Phi) is 4.12. The molecule has 3 atom stereocenters. The Morgan fingerprint density at radius 3 is 2.95 bits per heavy atom. The predicted octanol–water partition coefficient (Wildman–Crippen LogP) is 0.0464. The van der Waals surface area contributed by atoms with E-state index < -0.39 is 7.12 Å². The molecule has 2 saturated heterocycles. The van der Waals surface area contributed by atoms with Crippen molar-refractivity contribution in [3.05, 3.63) is 18.0 Å². The normalized spacial score (nSPS) is 31.1. The van der Waals surface area contributed by atoms with Crippen molar-refractivity contribution in [1.82, 2.24) is 14.7 Å². The lowest BCUT2D eigenvalue weighted by Crippen LogP contribution is -2.31. The van der Waals surface area contributed by atoms with Gasteiger partial charge in [-0.25, -0.2) is 0 Å². The summed E-state index contributed by atoms with van der Waals surface area (Å²) in [6, 6.07) is 2.02. The summed E-state index contributed by atoms with van der Waals surface area (Å²) in [5, 5.41) is 22.7. The van der Waals surface area contributed by atoms with Crippen molar-refractivity contribution in [2.24, 2.45) is 13.0 Å². The summed E-state index contributed by atoms with van der Waals surface area (Å²) in [4.78, 5) is 2.33. The van der Waals surface area contributed by atoms with Gasteiger partial charge in [0.05, 0.1) is 5.69 Å². The van der Waals surface area contributed by atoms with Crippen LogP contribution in [-0.2, 0) is 11.8 Å². The summed E-state index contributed by atoms with van der Waals surface area (Å²) < 4.78 is 7.77. The van der Waals surface area contributed by atoms with E-state index in [1.165, 1.54) is 0 Å². The maximum Gasteiger partial charge on any atom is 0.456 e. The first kappa shape index (κ1) is 14.1. The van der Waals surface area contributed by atoms with Crippen LogP contribution in [0.4, 0.5) is 0 Å². The molecule has 2 aliphatic rings. The van der Waals surface area contributed by atoms with Crippen LogP contribution in [0.5, 0.6) is 0 Å². The highest BCUT2D eigenvalue weighted by Gasteiger charge is 2.36. The molecule has 1 aromatic heterocycles. The second kappa shape index (κ2) is 5.85. The first-order valence-electron chi connectivity index (χ1n) is 7.33. The van der Waals surface area contributed by atoms with Crippen LogP contribution < -0.4 is 0 Å². The topological polar surface area (TPSA) is 70.8 Å². The lowest BCUT2D eigenvalue weighted by molar-refractivity contribution is 0.0747. The van der Waals surface area contributed by atoms with Gasteiger partial charge in [-0.1, -0.05) is 0 Å². The van der Waals surface area contributed by atoms with Gasteiger partial charge in [-0.2, -0.15) is 5.10 Å². The Morgan fingerprint density at radius 1 is 1.45 bits per heavy atom. The molecule has 0 bridgehead atoms. The van der Waals surface area contributed by atoms with Gasteiger partial charge in [0.2, 0.25) is 0 Å². The highest BCUT2D eigenvalue weighted by Crippen LogP contribution is 2.36. The Bertz CT molecular complexity index is 454. The predicted molar refractivity (Wildman–Crippen MR) is 75.0 cm³/mol. The number of nitrogens with zero attached hydrogens (tertiary/aromatic N) is 3. The van der Waals surface area contributed by atoms with Gasteiger partial charge in [0, 0.05) is 38.1 Å². The van der Waals surface area contributed by atoms with Gasteiger partial charge in [-0.15, -0.1) is 0 Å². The number of aryl methyl sites for hydroxylation is 1. The van der Waals surface area contributed by atoms with E-state index in [-0.39, 0.29) is 11.9 Å². The molecule has 2 fully saturated rings. The number of ether oxygens (including phenoxy) is 1. The molecular formula is C13H22BN3O3. The van der Waals surface area contributed by atoms with Crippen LogP contribution >= 0.6 is 0 Å². The SMILES string of the molecule is Cn1nccc1[C@@H]1OCC[C@H]1CN1CCC(B(O)O)C1. The number of rotatable bonds is 4. The molecule has 0 amide bonds. The molecule has 3 heterocycles. The van der Waals surface area contributed by atoms with Crippen molar-refractivity contribution >= 4 is 7.12 Å². The number of aromatic nitrogens is 2. The standard InChI is InChI=1S/C13H22BN3O3/c1-16-12(2-5-15-16)13-10(4-7-20-13)8-17-6-3-11(9-17)14(18)19/h2,5,10-11,13,18-19H,3-4,6-9H2,1H3/t10-,11?,13+/m0/s1. The van der Waals surface area contributed by atoms with E-state index in [0.717, 1.165) is 44.8 Å². The first-order valence-corrected chi connectivity index (χ1v) is 7.33. The monoisotopic (exact) mass is 279 g/mol. The van der Waals surface area contributed by atoms with Gasteiger partial charge in [0.25, 0.3) is 0 Å². The first-order chi connectivity index (χ1) is 9.65. The molecule has 20 heavy (non-hydrogen) atoms. The zero-order valence-corrected chi connectivity index (χ0v) is 11.9. The maximum atomic E-state index is 9.26. The van der Waals surface area contributed by atoms with Crippen LogP contribution in [0.1, 0.15) is 24.6 Å². The van der Waals surface area contributed by atoms with Gasteiger partial charge < -0.3 is 19.7 Å². The Balaban J connectivity index is 1.61. The molecule has 2 N–H and O–H groups in total.